The molecule has 1 saturated heterocycles. The van der Waals surface area contributed by atoms with Crippen molar-refractivity contribution in [2.24, 2.45) is 0 Å². The molecule has 1 aromatic heterocycles. The molecule has 2 N–H and O–H groups in total. The summed E-state index contributed by atoms with van der Waals surface area (Å²) in [5.41, 5.74) is 5.97. The zero-order chi connectivity index (χ0) is 15.6. The molecule has 1 unspecified atom stereocenters. The van der Waals surface area contributed by atoms with Crippen LogP contribution < -0.4 is 10.6 Å². The summed E-state index contributed by atoms with van der Waals surface area (Å²) < 4.78 is 0. The number of anilines is 2. The van der Waals surface area contributed by atoms with Crippen LogP contribution in [0, 0.1) is 0 Å². The largest absolute Gasteiger partial charge is 0.382 e. The highest BCUT2D eigenvalue weighted by Crippen LogP contribution is 2.30. The summed E-state index contributed by atoms with van der Waals surface area (Å²) in [5.74, 6) is 0.382. The van der Waals surface area contributed by atoms with Gasteiger partial charge in [-0.05, 0) is 34.4 Å². The minimum atomic E-state index is 0.0211. The average molecular weight is 311 g/mol. The summed E-state index contributed by atoms with van der Waals surface area (Å²) in [6.45, 7) is 7.44. The number of hydrogen-bond donors (Lipinski definition) is 1. The average Bonchev–Trinajstić information content (AvgIpc) is 3.07. The monoisotopic (exact) mass is 311 g/mol. The molecule has 1 aliphatic heterocycles. The molecule has 6 nitrogen and oxygen atoms in total. The number of likely N-dealkylation sites (N-methyl/N-ethyl adjacent to an activating group) is 1. The van der Waals surface area contributed by atoms with Gasteiger partial charge in [0, 0.05) is 32.2 Å². The van der Waals surface area contributed by atoms with Gasteiger partial charge in [0.25, 0.3) is 5.91 Å². The molecule has 0 aromatic carbocycles. The molecule has 0 spiro atoms. The first-order valence-electron chi connectivity index (χ1n) is 7.44. The van der Waals surface area contributed by atoms with Crippen molar-refractivity contribution in [3.63, 3.8) is 0 Å². The van der Waals surface area contributed by atoms with Crippen LogP contribution in [0.25, 0.3) is 0 Å². The fraction of sp³-hybridized carbons (Fsp3) is 0.714. The number of carbonyl (C=O) groups excluding carboxylic acids is 1. The minimum absolute atomic E-state index is 0.0211. The molecule has 0 aliphatic carbocycles. The maximum Gasteiger partial charge on any atom is 0.267 e. The van der Waals surface area contributed by atoms with Crippen LogP contribution in [0.5, 0.6) is 0 Å². The van der Waals surface area contributed by atoms with Gasteiger partial charge in [-0.3, -0.25) is 4.79 Å². The van der Waals surface area contributed by atoms with E-state index in [1.54, 1.807) is 0 Å². The standard InChI is InChI=1S/C14H25N5OS/c1-5-18(6-2)14-16-12(15)11(21-14)13(20)19-8-7-10(9-19)17(3)4/h10H,5-9,15H2,1-4H3. The number of aromatic nitrogens is 1. The van der Waals surface area contributed by atoms with Crippen molar-refractivity contribution in [2.45, 2.75) is 26.3 Å². The molecule has 1 aromatic rings. The van der Waals surface area contributed by atoms with E-state index >= 15 is 0 Å². The Balaban J connectivity index is 2.13. The summed E-state index contributed by atoms with van der Waals surface area (Å²) >= 11 is 1.41. The molecular formula is C14H25N5OS. The van der Waals surface area contributed by atoms with Crippen molar-refractivity contribution in [3.05, 3.63) is 4.88 Å². The Kier molecular flexibility index (Phi) is 5.05. The summed E-state index contributed by atoms with van der Waals surface area (Å²) in [4.78, 5) is 23.7. The number of nitrogens with zero attached hydrogens (tertiary/aromatic N) is 4. The van der Waals surface area contributed by atoms with Crippen LogP contribution >= 0.6 is 11.3 Å². The van der Waals surface area contributed by atoms with Crippen LogP contribution in [-0.4, -0.2) is 67.0 Å². The van der Waals surface area contributed by atoms with E-state index in [-0.39, 0.29) is 5.91 Å². The Bertz CT molecular complexity index is 498. The van der Waals surface area contributed by atoms with Crippen molar-refractivity contribution in [2.75, 3.05) is 50.9 Å². The van der Waals surface area contributed by atoms with E-state index in [1.165, 1.54) is 11.3 Å². The van der Waals surface area contributed by atoms with E-state index in [1.807, 2.05) is 4.90 Å². The van der Waals surface area contributed by atoms with E-state index in [0.717, 1.165) is 37.7 Å². The Morgan fingerprint density at radius 1 is 1.43 bits per heavy atom. The van der Waals surface area contributed by atoms with Gasteiger partial charge in [-0.1, -0.05) is 11.3 Å². The number of likely N-dealkylation sites (tertiary alicyclic amines) is 1. The van der Waals surface area contributed by atoms with Gasteiger partial charge < -0.3 is 20.4 Å². The molecule has 1 amide bonds. The van der Waals surface area contributed by atoms with Gasteiger partial charge in [-0.15, -0.1) is 0 Å². The van der Waals surface area contributed by atoms with Gasteiger partial charge in [-0.2, -0.15) is 0 Å². The van der Waals surface area contributed by atoms with E-state index in [4.69, 9.17) is 5.73 Å². The third-order valence-corrected chi connectivity index (χ3v) is 5.17. The van der Waals surface area contributed by atoms with Crippen LogP contribution in [0.3, 0.4) is 0 Å². The molecule has 7 heteroatoms. The molecule has 2 heterocycles. The van der Waals surface area contributed by atoms with Gasteiger partial charge in [0.15, 0.2) is 5.13 Å². The van der Waals surface area contributed by atoms with Gasteiger partial charge >= 0.3 is 0 Å². The topological polar surface area (TPSA) is 65.7 Å². The molecule has 1 atom stereocenters. The second kappa shape index (κ2) is 6.62. The number of carbonyl (C=O) groups is 1. The van der Waals surface area contributed by atoms with Crippen molar-refractivity contribution in [3.8, 4) is 0 Å². The SMILES string of the molecule is CCN(CC)c1nc(N)c(C(=O)N2CCC(N(C)C)C2)s1. The van der Waals surface area contributed by atoms with E-state index in [9.17, 15) is 4.79 Å². The maximum absolute atomic E-state index is 12.6. The lowest BCUT2D eigenvalue weighted by Crippen LogP contribution is -2.34. The molecule has 0 radical (unpaired) electrons. The van der Waals surface area contributed by atoms with Crippen LogP contribution in [0.15, 0.2) is 0 Å². The second-order valence-corrected chi connectivity index (χ2v) is 6.52. The smallest absolute Gasteiger partial charge is 0.267 e. The highest BCUT2D eigenvalue weighted by molar-refractivity contribution is 7.18. The molecule has 2 rings (SSSR count). The molecule has 1 aliphatic rings. The molecule has 21 heavy (non-hydrogen) atoms. The third-order valence-electron chi connectivity index (χ3n) is 4.05. The first-order chi connectivity index (χ1) is 9.97. The number of nitrogens with two attached hydrogens (primary N) is 1. The van der Waals surface area contributed by atoms with Gasteiger partial charge in [0.2, 0.25) is 0 Å². The first-order valence-corrected chi connectivity index (χ1v) is 8.26. The zero-order valence-electron chi connectivity index (χ0n) is 13.3. The quantitative estimate of drug-likeness (QED) is 0.889. The molecule has 0 bridgehead atoms. The zero-order valence-corrected chi connectivity index (χ0v) is 14.1. The first kappa shape index (κ1) is 16.0. The van der Waals surface area contributed by atoms with Crippen molar-refractivity contribution in [1.29, 1.82) is 0 Å². The number of rotatable bonds is 5. The summed E-state index contributed by atoms with van der Waals surface area (Å²) in [7, 11) is 4.11. The van der Waals surface area contributed by atoms with Crippen LogP contribution in [-0.2, 0) is 0 Å². The van der Waals surface area contributed by atoms with E-state index < -0.39 is 0 Å². The van der Waals surface area contributed by atoms with Gasteiger partial charge in [-0.25, -0.2) is 4.98 Å². The number of hydrogen-bond acceptors (Lipinski definition) is 6. The second-order valence-electron chi connectivity index (χ2n) is 5.54. The van der Waals surface area contributed by atoms with Crippen LogP contribution in [0.1, 0.15) is 29.9 Å². The van der Waals surface area contributed by atoms with Gasteiger partial charge in [0.05, 0.1) is 0 Å². The van der Waals surface area contributed by atoms with Crippen LogP contribution in [0.2, 0.25) is 0 Å². The lowest BCUT2D eigenvalue weighted by atomic mass is 10.2. The lowest BCUT2D eigenvalue weighted by Gasteiger charge is -2.20. The van der Waals surface area contributed by atoms with Crippen LogP contribution in [0.4, 0.5) is 10.9 Å². The number of nitrogen functional groups attached to an aromatic ring is 1. The normalized spacial score (nSPS) is 18.5. The summed E-state index contributed by atoms with van der Waals surface area (Å²) in [6, 6.07) is 0.436. The molecule has 1 fully saturated rings. The predicted octanol–water partition coefficient (Wildman–Crippen LogP) is 1.35. The Morgan fingerprint density at radius 3 is 2.62 bits per heavy atom. The van der Waals surface area contributed by atoms with E-state index in [0.29, 0.717) is 16.7 Å². The molecular weight excluding hydrogens is 286 g/mol. The highest BCUT2D eigenvalue weighted by atomic mass is 32.1. The summed E-state index contributed by atoms with van der Waals surface area (Å²) in [6.07, 6.45) is 1.01. The Labute approximate surface area is 130 Å². The highest BCUT2D eigenvalue weighted by Gasteiger charge is 2.30. The third kappa shape index (κ3) is 3.29. The van der Waals surface area contributed by atoms with Crippen molar-refractivity contribution >= 4 is 28.2 Å². The minimum Gasteiger partial charge on any atom is -0.382 e. The fourth-order valence-electron chi connectivity index (χ4n) is 2.59. The predicted molar refractivity (Wildman–Crippen MR) is 88.1 cm³/mol. The van der Waals surface area contributed by atoms with Crippen molar-refractivity contribution in [1.82, 2.24) is 14.8 Å². The lowest BCUT2D eigenvalue weighted by molar-refractivity contribution is 0.0788. The Hall–Kier alpha value is -1.34. The molecule has 118 valence electrons. The fourth-order valence-corrected chi connectivity index (χ4v) is 3.67. The number of amides is 1. The number of thiazole rings is 1. The maximum atomic E-state index is 12.6. The van der Waals surface area contributed by atoms with E-state index in [2.05, 4.69) is 42.7 Å². The van der Waals surface area contributed by atoms with Crippen molar-refractivity contribution < 1.29 is 4.79 Å². The van der Waals surface area contributed by atoms with Gasteiger partial charge in [0.1, 0.15) is 10.7 Å². The molecule has 0 saturated carbocycles. The summed E-state index contributed by atoms with van der Waals surface area (Å²) in [5, 5.41) is 0.837. The Morgan fingerprint density at radius 2 is 2.10 bits per heavy atom.